The van der Waals surface area contributed by atoms with E-state index in [2.05, 4.69) is 32.4 Å². The molecule has 3 rings (SSSR count). The number of carbonyl (C=O) groups is 1. The third-order valence-corrected chi connectivity index (χ3v) is 5.81. The minimum absolute atomic E-state index is 0.0570. The third kappa shape index (κ3) is 6.99. The van der Waals surface area contributed by atoms with Crippen LogP contribution in [0.4, 0.5) is 5.69 Å². The van der Waals surface area contributed by atoms with Crippen LogP contribution in [-0.2, 0) is 4.84 Å². The van der Waals surface area contributed by atoms with Gasteiger partial charge in [0.05, 0.1) is 17.3 Å². The van der Waals surface area contributed by atoms with Crippen molar-refractivity contribution < 1.29 is 14.7 Å². The first-order valence-corrected chi connectivity index (χ1v) is 10.3. The van der Waals surface area contributed by atoms with Crippen molar-refractivity contribution in [3.63, 3.8) is 0 Å². The van der Waals surface area contributed by atoms with Crippen molar-refractivity contribution in [3.8, 4) is 0 Å². The van der Waals surface area contributed by atoms with E-state index in [1.165, 1.54) is 25.9 Å². The highest BCUT2D eigenvalue weighted by Gasteiger charge is 2.21. The van der Waals surface area contributed by atoms with Crippen molar-refractivity contribution in [2.45, 2.75) is 37.0 Å². The lowest BCUT2D eigenvalue weighted by Gasteiger charge is -2.26. The van der Waals surface area contributed by atoms with Gasteiger partial charge in [-0.2, -0.15) is 10.6 Å². The number of para-hydroxylation sites is 1. The molecule has 9 heteroatoms. The summed E-state index contributed by atoms with van der Waals surface area (Å²) in [5.74, 6) is -0.306. The first kappa shape index (κ1) is 22.5. The molecule has 1 aromatic rings. The second-order valence-corrected chi connectivity index (χ2v) is 7.72. The second kappa shape index (κ2) is 12.6. The summed E-state index contributed by atoms with van der Waals surface area (Å²) >= 11 is 1.96. The van der Waals surface area contributed by atoms with E-state index in [1.807, 2.05) is 11.9 Å². The van der Waals surface area contributed by atoms with E-state index in [1.54, 1.807) is 24.3 Å². The fourth-order valence-corrected chi connectivity index (χ4v) is 4.33. The van der Waals surface area contributed by atoms with Crippen LogP contribution in [0.1, 0.15) is 36.0 Å². The average Bonchev–Trinajstić information content (AvgIpc) is 3.26. The molecule has 1 saturated heterocycles. The molecule has 154 valence electrons. The Morgan fingerprint density at radius 2 is 2.04 bits per heavy atom. The van der Waals surface area contributed by atoms with Crippen LogP contribution in [0.2, 0.25) is 0 Å². The Labute approximate surface area is 170 Å². The standard InChI is InChI=1S/C18H25N5O2S.CH4O/c19-21-17-6-2-1-5-16(17)18(24)20-13-25-22-14-7-9-15(10-8-14)26-23-11-3-4-12-23;1-2/h1-2,5-7,9,14-15,19,22H,3-4,8,10-13H2,(H,20,24);2H,1H3. The minimum atomic E-state index is -0.306. The molecule has 0 spiro atoms. The van der Waals surface area contributed by atoms with Gasteiger partial charge in [-0.05, 0) is 37.8 Å². The number of nitrogens with zero attached hydrogens (tertiary/aromatic N) is 2. The zero-order valence-electron chi connectivity index (χ0n) is 16.1. The molecule has 0 bridgehead atoms. The van der Waals surface area contributed by atoms with Gasteiger partial charge in [-0.3, -0.25) is 13.9 Å². The molecular weight excluding hydrogens is 378 g/mol. The Balaban J connectivity index is 0.00000136. The lowest BCUT2D eigenvalue weighted by molar-refractivity contribution is 0.0124. The van der Waals surface area contributed by atoms with Gasteiger partial charge in [0.2, 0.25) is 0 Å². The number of benzene rings is 1. The predicted octanol–water partition coefficient (Wildman–Crippen LogP) is 3.00. The molecule has 1 aliphatic carbocycles. The molecule has 2 unspecified atom stereocenters. The van der Waals surface area contributed by atoms with Gasteiger partial charge in [-0.15, -0.1) is 0 Å². The third-order valence-electron chi connectivity index (χ3n) is 4.48. The Morgan fingerprint density at radius 3 is 2.71 bits per heavy atom. The van der Waals surface area contributed by atoms with Gasteiger partial charge in [0.15, 0.2) is 0 Å². The maximum atomic E-state index is 12.1. The molecule has 1 fully saturated rings. The SMILES string of the molecule is CO.N=Nc1ccccc1C(=O)NCONC1C=CC(SN2CCCC2)CC1. The topological polar surface area (TPSA) is 110 Å². The van der Waals surface area contributed by atoms with Gasteiger partial charge in [0.25, 0.3) is 5.91 Å². The summed E-state index contributed by atoms with van der Waals surface area (Å²) in [6.07, 6.45) is 9.15. The van der Waals surface area contributed by atoms with Crippen LogP contribution in [0, 0.1) is 5.53 Å². The van der Waals surface area contributed by atoms with Crippen LogP contribution < -0.4 is 10.8 Å². The van der Waals surface area contributed by atoms with Crippen molar-refractivity contribution in [2.24, 2.45) is 5.11 Å². The molecule has 1 heterocycles. The highest BCUT2D eigenvalue weighted by atomic mass is 32.2. The van der Waals surface area contributed by atoms with Crippen LogP contribution in [0.3, 0.4) is 0 Å². The molecule has 28 heavy (non-hydrogen) atoms. The van der Waals surface area contributed by atoms with E-state index in [0.29, 0.717) is 16.5 Å². The summed E-state index contributed by atoms with van der Waals surface area (Å²) < 4.78 is 2.47. The summed E-state index contributed by atoms with van der Waals surface area (Å²) in [5, 5.41) is 13.6. The largest absolute Gasteiger partial charge is 0.400 e. The summed E-state index contributed by atoms with van der Waals surface area (Å²) in [4.78, 5) is 17.5. The Kier molecular flexibility index (Phi) is 10.2. The summed E-state index contributed by atoms with van der Waals surface area (Å²) in [6.45, 7) is 2.47. The molecule has 1 aliphatic heterocycles. The van der Waals surface area contributed by atoms with E-state index >= 15 is 0 Å². The van der Waals surface area contributed by atoms with E-state index in [4.69, 9.17) is 15.5 Å². The number of aliphatic hydroxyl groups excluding tert-OH is 1. The van der Waals surface area contributed by atoms with Crippen molar-refractivity contribution in [3.05, 3.63) is 42.0 Å². The molecule has 0 saturated carbocycles. The number of amides is 1. The number of hydrogen-bond donors (Lipinski definition) is 4. The van der Waals surface area contributed by atoms with Gasteiger partial charge in [-0.1, -0.05) is 36.2 Å². The normalized spacial score (nSPS) is 21.6. The quantitative estimate of drug-likeness (QED) is 0.132. The highest BCUT2D eigenvalue weighted by molar-refractivity contribution is 7.97. The number of aliphatic hydroxyl groups is 1. The van der Waals surface area contributed by atoms with Gasteiger partial charge >= 0.3 is 0 Å². The zero-order valence-corrected chi connectivity index (χ0v) is 17.0. The van der Waals surface area contributed by atoms with Crippen molar-refractivity contribution in [1.29, 1.82) is 5.53 Å². The molecule has 2 aliphatic rings. The highest BCUT2D eigenvalue weighted by Crippen LogP contribution is 2.29. The Morgan fingerprint density at radius 1 is 1.29 bits per heavy atom. The monoisotopic (exact) mass is 407 g/mol. The number of hydrogen-bond acceptors (Lipinski definition) is 8. The summed E-state index contributed by atoms with van der Waals surface area (Å²) in [7, 11) is 1.00. The molecule has 1 aromatic carbocycles. The Bertz CT molecular complexity index is 652. The van der Waals surface area contributed by atoms with Crippen molar-refractivity contribution in [2.75, 3.05) is 26.9 Å². The van der Waals surface area contributed by atoms with Gasteiger partial charge in [0, 0.05) is 25.4 Å². The average molecular weight is 408 g/mol. The number of carbonyl (C=O) groups excluding carboxylic acids is 1. The fraction of sp³-hybridized carbons (Fsp3) is 0.526. The molecule has 1 amide bonds. The summed E-state index contributed by atoms with van der Waals surface area (Å²) in [6, 6.07) is 6.92. The van der Waals surface area contributed by atoms with Crippen molar-refractivity contribution >= 4 is 23.5 Å². The Hall–Kier alpha value is -1.78. The molecule has 0 aromatic heterocycles. The minimum Gasteiger partial charge on any atom is -0.400 e. The van der Waals surface area contributed by atoms with Crippen LogP contribution in [-0.4, -0.2) is 53.5 Å². The first-order valence-electron chi connectivity index (χ1n) is 9.43. The smallest absolute Gasteiger partial charge is 0.255 e. The van der Waals surface area contributed by atoms with E-state index in [0.717, 1.165) is 20.0 Å². The maximum Gasteiger partial charge on any atom is 0.255 e. The molecule has 0 radical (unpaired) electrons. The second-order valence-electron chi connectivity index (χ2n) is 6.39. The van der Waals surface area contributed by atoms with Crippen LogP contribution in [0.5, 0.6) is 0 Å². The number of rotatable bonds is 8. The van der Waals surface area contributed by atoms with Gasteiger partial charge in [-0.25, -0.2) is 5.53 Å². The van der Waals surface area contributed by atoms with E-state index in [-0.39, 0.29) is 18.7 Å². The maximum absolute atomic E-state index is 12.1. The first-order chi connectivity index (χ1) is 13.8. The zero-order chi connectivity index (χ0) is 20.2. The lowest BCUT2D eigenvalue weighted by atomic mass is 10.0. The fourth-order valence-electron chi connectivity index (χ4n) is 3.07. The van der Waals surface area contributed by atoms with Gasteiger partial charge in [0.1, 0.15) is 6.73 Å². The van der Waals surface area contributed by atoms with Crippen molar-refractivity contribution in [1.82, 2.24) is 15.1 Å². The van der Waals surface area contributed by atoms with Gasteiger partial charge < -0.3 is 10.4 Å². The molecule has 2 atom stereocenters. The molecule has 8 nitrogen and oxygen atoms in total. The van der Waals surface area contributed by atoms with Crippen LogP contribution in [0.25, 0.3) is 0 Å². The van der Waals surface area contributed by atoms with E-state index in [9.17, 15) is 4.79 Å². The number of hydroxylamine groups is 1. The predicted molar refractivity (Wildman–Crippen MR) is 110 cm³/mol. The summed E-state index contributed by atoms with van der Waals surface area (Å²) in [5.41, 5.74) is 10.8. The lowest BCUT2D eigenvalue weighted by Crippen LogP contribution is -2.36. The van der Waals surface area contributed by atoms with Crippen LogP contribution >= 0.6 is 11.9 Å². The van der Waals surface area contributed by atoms with Crippen LogP contribution in [0.15, 0.2) is 41.5 Å². The molecule has 4 N–H and O–H groups in total. The number of nitrogens with one attached hydrogen (secondary N) is 3. The molecular formula is C19H29N5O3S. The van der Waals surface area contributed by atoms with E-state index < -0.39 is 0 Å².